The summed E-state index contributed by atoms with van der Waals surface area (Å²) in [5.74, 6) is -0.638. The van der Waals surface area contributed by atoms with Crippen LogP contribution in [0, 0.1) is 19.8 Å². The molecule has 1 aliphatic rings. The Morgan fingerprint density at radius 3 is 2.41 bits per heavy atom. The van der Waals surface area contributed by atoms with Crippen molar-refractivity contribution in [1.29, 1.82) is 0 Å². The minimum Gasteiger partial charge on any atom is -0.507 e. The third-order valence-corrected chi connectivity index (χ3v) is 5.90. The van der Waals surface area contributed by atoms with Gasteiger partial charge in [-0.1, -0.05) is 62.4 Å². The summed E-state index contributed by atoms with van der Waals surface area (Å²) in [5, 5.41) is 11.4. The van der Waals surface area contributed by atoms with Crippen molar-refractivity contribution >= 4 is 23.1 Å². The van der Waals surface area contributed by atoms with Crippen LogP contribution in [-0.4, -0.2) is 23.4 Å². The molecule has 4 rings (SSSR count). The fourth-order valence-corrected chi connectivity index (χ4v) is 4.22. The first kappa shape index (κ1) is 23.3. The number of hydrogen-bond donors (Lipinski definition) is 1. The van der Waals surface area contributed by atoms with Gasteiger partial charge in [0.05, 0.1) is 18.2 Å². The maximum absolute atomic E-state index is 13.3. The number of ketones is 1. The molecule has 1 fully saturated rings. The number of ether oxygens (including phenoxy) is 1. The van der Waals surface area contributed by atoms with Crippen molar-refractivity contribution in [1.82, 2.24) is 0 Å². The fraction of sp³-hybridized carbons (Fsp3) is 0.241. The molecule has 3 aromatic carbocycles. The predicted octanol–water partition coefficient (Wildman–Crippen LogP) is 5.96. The molecule has 0 radical (unpaired) electrons. The zero-order chi connectivity index (χ0) is 24.4. The van der Waals surface area contributed by atoms with Crippen molar-refractivity contribution in [2.24, 2.45) is 5.92 Å². The molecular weight excluding hydrogens is 426 g/mol. The van der Waals surface area contributed by atoms with Gasteiger partial charge in [-0.2, -0.15) is 0 Å². The second-order valence-corrected chi connectivity index (χ2v) is 9.10. The third kappa shape index (κ3) is 4.46. The van der Waals surface area contributed by atoms with Crippen LogP contribution in [0.25, 0.3) is 5.76 Å². The summed E-state index contributed by atoms with van der Waals surface area (Å²) in [5.41, 5.74) is 3.80. The molecule has 5 heteroatoms. The molecule has 34 heavy (non-hydrogen) atoms. The highest BCUT2D eigenvalue weighted by molar-refractivity contribution is 6.51. The summed E-state index contributed by atoms with van der Waals surface area (Å²) in [4.78, 5) is 28.1. The summed E-state index contributed by atoms with van der Waals surface area (Å²) in [7, 11) is 0. The largest absolute Gasteiger partial charge is 0.507 e. The van der Waals surface area contributed by atoms with E-state index in [2.05, 4.69) is 13.8 Å². The molecule has 1 aliphatic heterocycles. The minimum atomic E-state index is -0.747. The van der Waals surface area contributed by atoms with E-state index in [1.807, 2.05) is 68.4 Å². The van der Waals surface area contributed by atoms with Crippen LogP contribution in [0.15, 0.2) is 78.4 Å². The van der Waals surface area contributed by atoms with Gasteiger partial charge in [0.1, 0.15) is 11.5 Å². The van der Waals surface area contributed by atoms with Gasteiger partial charge in [-0.3, -0.25) is 14.5 Å². The predicted molar refractivity (Wildman–Crippen MR) is 134 cm³/mol. The van der Waals surface area contributed by atoms with E-state index in [0.29, 0.717) is 29.5 Å². The second kappa shape index (κ2) is 9.56. The molecule has 0 spiro atoms. The number of aryl methyl sites for hydroxylation is 2. The van der Waals surface area contributed by atoms with Crippen LogP contribution in [0.2, 0.25) is 0 Å². The molecule has 1 unspecified atom stereocenters. The topological polar surface area (TPSA) is 66.8 Å². The van der Waals surface area contributed by atoms with Gasteiger partial charge in [0.25, 0.3) is 11.7 Å². The van der Waals surface area contributed by atoms with E-state index in [1.165, 1.54) is 4.90 Å². The summed E-state index contributed by atoms with van der Waals surface area (Å²) >= 11 is 0. The van der Waals surface area contributed by atoms with Gasteiger partial charge >= 0.3 is 0 Å². The van der Waals surface area contributed by atoms with Crippen molar-refractivity contribution in [2.45, 2.75) is 33.7 Å². The number of rotatable bonds is 6. The van der Waals surface area contributed by atoms with E-state index in [4.69, 9.17) is 4.74 Å². The van der Waals surface area contributed by atoms with Crippen molar-refractivity contribution in [3.8, 4) is 5.75 Å². The molecule has 1 heterocycles. The van der Waals surface area contributed by atoms with Crippen LogP contribution in [-0.2, 0) is 9.59 Å². The number of Topliss-reactive ketones (excluding diaryl/α,β-unsaturated/α-hetero) is 1. The average molecular weight is 456 g/mol. The second-order valence-electron chi connectivity index (χ2n) is 9.10. The number of aliphatic hydroxyl groups excluding tert-OH is 1. The lowest BCUT2D eigenvalue weighted by Crippen LogP contribution is -2.29. The molecule has 1 amide bonds. The molecule has 1 atom stereocenters. The van der Waals surface area contributed by atoms with Gasteiger partial charge in [0.15, 0.2) is 0 Å². The van der Waals surface area contributed by atoms with Crippen LogP contribution in [0.1, 0.15) is 42.1 Å². The number of carbonyl (C=O) groups is 2. The Bertz CT molecular complexity index is 1270. The Kier molecular flexibility index (Phi) is 6.55. The van der Waals surface area contributed by atoms with Gasteiger partial charge in [-0.25, -0.2) is 0 Å². The van der Waals surface area contributed by atoms with E-state index in [1.54, 1.807) is 18.2 Å². The lowest BCUT2D eigenvalue weighted by molar-refractivity contribution is -0.132. The maximum Gasteiger partial charge on any atom is 0.300 e. The number of aliphatic hydroxyl groups is 1. The summed E-state index contributed by atoms with van der Waals surface area (Å²) in [6.07, 6.45) is 0. The number of hydrogen-bond acceptors (Lipinski definition) is 4. The molecule has 1 saturated heterocycles. The van der Waals surface area contributed by atoms with Gasteiger partial charge in [-0.05, 0) is 60.7 Å². The van der Waals surface area contributed by atoms with Gasteiger partial charge in [-0.15, -0.1) is 0 Å². The van der Waals surface area contributed by atoms with E-state index in [9.17, 15) is 14.7 Å². The summed E-state index contributed by atoms with van der Waals surface area (Å²) in [6.45, 7) is 8.51. The molecule has 0 aliphatic carbocycles. The fourth-order valence-electron chi connectivity index (χ4n) is 4.22. The Morgan fingerprint density at radius 2 is 1.71 bits per heavy atom. The highest BCUT2D eigenvalue weighted by Crippen LogP contribution is 2.43. The van der Waals surface area contributed by atoms with Gasteiger partial charge in [0, 0.05) is 11.3 Å². The molecule has 5 nitrogen and oxygen atoms in total. The van der Waals surface area contributed by atoms with E-state index < -0.39 is 17.7 Å². The van der Waals surface area contributed by atoms with Gasteiger partial charge in [0.2, 0.25) is 0 Å². The Balaban J connectivity index is 1.89. The molecule has 3 aromatic rings. The van der Waals surface area contributed by atoms with E-state index in [-0.39, 0.29) is 11.3 Å². The van der Waals surface area contributed by atoms with Crippen LogP contribution in [0.4, 0.5) is 5.69 Å². The standard InChI is InChI=1S/C29H29NO4/c1-18(2)17-34-23-13-8-11-21(16-23)27(31)25-26(24-14-6-5-10-20(24)4)30(29(33)28(25)32)22-12-7-9-19(3)15-22/h5-16,18,26,31H,17H2,1-4H3/b27-25+. The van der Waals surface area contributed by atoms with Crippen LogP contribution >= 0.6 is 0 Å². The maximum atomic E-state index is 13.3. The first-order chi connectivity index (χ1) is 16.3. The molecule has 0 aromatic heterocycles. The third-order valence-electron chi connectivity index (χ3n) is 5.90. The minimum absolute atomic E-state index is 0.0711. The van der Waals surface area contributed by atoms with Gasteiger partial charge < -0.3 is 9.84 Å². The smallest absolute Gasteiger partial charge is 0.300 e. The lowest BCUT2D eigenvalue weighted by Gasteiger charge is -2.27. The first-order valence-electron chi connectivity index (χ1n) is 11.4. The molecule has 174 valence electrons. The van der Waals surface area contributed by atoms with E-state index in [0.717, 1.165) is 16.7 Å². The first-order valence-corrected chi connectivity index (χ1v) is 11.4. The zero-order valence-electron chi connectivity index (χ0n) is 19.9. The van der Waals surface area contributed by atoms with E-state index >= 15 is 0 Å². The summed E-state index contributed by atoms with van der Waals surface area (Å²) < 4.78 is 5.81. The van der Waals surface area contributed by atoms with Crippen molar-refractivity contribution in [2.75, 3.05) is 11.5 Å². The van der Waals surface area contributed by atoms with Crippen molar-refractivity contribution in [3.63, 3.8) is 0 Å². The molecule has 0 bridgehead atoms. The molecule has 0 saturated carbocycles. The molecular formula is C29H29NO4. The van der Waals surface area contributed by atoms with Crippen LogP contribution < -0.4 is 9.64 Å². The average Bonchev–Trinajstić information content (AvgIpc) is 3.08. The Morgan fingerprint density at radius 1 is 0.971 bits per heavy atom. The van der Waals surface area contributed by atoms with Crippen molar-refractivity contribution < 1.29 is 19.4 Å². The zero-order valence-corrected chi connectivity index (χ0v) is 19.9. The summed E-state index contributed by atoms with van der Waals surface area (Å²) in [6, 6.07) is 21.3. The Labute approximate surface area is 200 Å². The van der Waals surface area contributed by atoms with Crippen molar-refractivity contribution in [3.05, 3.63) is 101 Å². The highest BCUT2D eigenvalue weighted by Gasteiger charge is 2.47. The van der Waals surface area contributed by atoms with Crippen LogP contribution in [0.3, 0.4) is 0 Å². The quantitative estimate of drug-likeness (QED) is 0.283. The monoisotopic (exact) mass is 455 g/mol. The van der Waals surface area contributed by atoms with Crippen LogP contribution in [0.5, 0.6) is 5.75 Å². The number of nitrogens with zero attached hydrogens (tertiary/aromatic N) is 1. The Hall–Kier alpha value is -3.86. The number of carbonyl (C=O) groups excluding carboxylic acids is 2. The SMILES string of the molecule is Cc1cccc(N2C(=O)C(=O)/C(=C(/O)c3cccc(OCC(C)C)c3)C2c2ccccc2C)c1. The lowest BCUT2D eigenvalue weighted by atomic mass is 9.92. The molecule has 1 N–H and O–H groups in total. The normalized spacial score (nSPS) is 17.4. The number of amides is 1. The number of anilines is 1. The highest BCUT2D eigenvalue weighted by atomic mass is 16.5. The number of benzene rings is 3.